The van der Waals surface area contributed by atoms with E-state index in [9.17, 15) is 8.42 Å². The van der Waals surface area contributed by atoms with Gasteiger partial charge in [-0.1, -0.05) is 30.1 Å². The van der Waals surface area contributed by atoms with Crippen LogP contribution in [0.15, 0.2) is 17.0 Å². The summed E-state index contributed by atoms with van der Waals surface area (Å²) in [5, 5.41) is 3.90. The number of hydrogen-bond donors (Lipinski definition) is 1. The van der Waals surface area contributed by atoms with Crippen LogP contribution in [0.5, 0.6) is 0 Å². The Balaban J connectivity index is 2.53. The minimum atomic E-state index is -3.32. The zero-order chi connectivity index (χ0) is 12.6. The molecule has 2 rings (SSSR count). The molecule has 1 aliphatic heterocycles. The Hall–Kier alpha value is -0.290. The summed E-state index contributed by atoms with van der Waals surface area (Å²) in [4.78, 5) is 0.195. The molecular weight excluding hydrogens is 281 g/mol. The van der Waals surface area contributed by atoms with Crippen LogP contribution in [0.3, 0.4) is 0 Å². The molecule has 0 amide bonds. The third-order valence-corrected chi connectivity index (χ3v) is 5.37. The molecule has 1 aromatic carbocycles. The second-order valence-corrected chi connectivity index (χ2v) is 6.85. The molecule has 0 radical (unpaired) electrons. The normalized spacial score (nSPS) is 21.5. The van der Waals surface area contributed by atoms with E-state index in [-0.39, 0.29) is 21.7 Å². The molecule has 17 heavy (non-hydrogen) atoms. The maximum atomic E-state index is 12.0. The van der Waals surface area contributed by atoms with E-state index in [0.717, 1.165) is 13.0 Å². The second-order valence-electron chi connectivity index (χ2n) is 4.06. The van der Waals surface area contributed by atoms with E-state index in [0.29, 0.717) is 10.6 Å². The first-order chi connectivity index (χ1) is 7.97. The molecule has 3 nitrogen and oxygen atoms in total. The molecule has 0 spiro atoms. The summed E-state index contributed by atoms with van der Waals surface area (Å²) in [5.74, 6) is 0.0335. The van der Waals surface area contributed by atoms with E-state index >= 15 is 0 Å². The van der Waals surface area contributed by atoms with E-state index in [2.05, 4.69) is 5.32 Å². The van der Waals surface area contributed by atoms with Gasteiger partial charge in [-0.25, -0.2) is 8.42 Å². The highest BCUT2D eigenvalue weighted by Gasteiger charge is 2.38. The van der Waals surface area contributed by atoms with Crippen LogP contribution in [0, 0.1) is 0 Å². The minimum absolute atomic E-state index is 0.0335. The number of fused-ring (bicyclic) bond motifs is 1. The summed E-state index contributed by atoms with van der Waals surface area (Å²) >= 11 is 12.0. The van der Waals surface area contributed by atoms with Gasteiger partial charge in [0.25, 0.3) is 0 Å². The van der Waals surface area contributed by atoms with E-state index in [1.54, 1.807) is 6.07 Å². The first-order valence-electron chi connectivity index (χ1n) is 5.41. The highest BCUT2D eigenvalue weighted by molar-refractivity contribution is 7.92. The molecule has 6 heteroatoms. The molecule has 0 aliphatic carbocycles. The van der Waals surface area contributed by atoms with Crippen molar-refractivity contribution in [3.8, 4) is 0 Å². The van der Waals surface area contributed by atoms with Crippen LogP contribution in [0.25, 0.3) is 0 Å². The lowest BCUT2D eigenvalue weighted by atomic mass is 10.1. The fourth-order valence-electron chi connectivity index (χ4n) is 2.06. The Morgan fingerprint density at radius 3 is 2.65 bits per heavy atom. The standard InChI is InChI=1S/C11H13Cl2NO2S/c1-2-5-14-9-6-17(15,16)11-8(13)4-3-7(12)10(9)11/h3-4,9,14H,2,5-6H2,1H3. The largest absolute Gasteiger partial charge is 0.309 e. The molecule has 0 fully saturated rings. The summed E-state index contributed by atoms with van der Waals surface area (Å²) < 4.78 is 24.0. The molecule has 1 aliphatic rings. The van der Waals surface area contributed by atoms with Gasteiger partial charge in [-0.05, 0) is 25.1 Å². The molecule has 1 heterocycles. The number of hydrogen-bond acceptors (Lipinski definition) is 3. The predicted octanol–water partition coefficient (Wildman–Crippen LogP) is 2.82. The van der Waals surface area contributed by atoms with Crippen LogP contribution in [0.4, 0.5) is 0 Å². The molecule has 0 bridgehead atoms. The monoisotopic (exact) mass is 293 g/mol. The van der Waals surface area contributed by atoms with Crippen molar-refractivity contribution in [2.45, 2.75) is 24.3 Å². The van der Waals surface area contributed by atoms with E-state index in [4.69, 9.17) is 23.2 Å². The molecule has 1 unspecified atom stereocenters. The molecule has 1 N–H and O–H groups in total. The van der Waals surface area contributed by atoms with Gasteiger partial charge >= 0.3 is 0 Å². The SMILES string of the molecule is CCCNC1CS(=O)(=O)c2c(Cl)ccc(Cl)c21. The lowest BCUT2D eigenvalue weighted by Gasteiger charge is -2.13. The maximum Gasteiger partial charge on any atom is 0.182 e. The first kappa shape index (κ1) is 13.1. The second kappa shape index (κ2) is 4.76. The Morgan fingerprint density at radius 2 is 2.00 bits per heavy atom. The number of rotatable bonds is 3. The van der Waals surface area contributed by atoms with Crippen molar-refractivity contribution < 1.29 is 8.42 Å². The molecule has 0 aromatic heterocycles. The van der Waals surface area contributed by atoms with Gasteiger partial charge in [0.05, 0.1) is 15.7 Å². The van der Waals surface area contributed by atoms with Crippen molar-refractivity contribution in [3.63, 3.8) is 0 Å². The van der Waals surface area contributed by atoms with Crippen molar-refractivity contribution in [1.29, 1.82) is 0 Å². The van der Waals surface area contributed by atoms with Gasteiger partial charge in [0.15, 0.2) is 9.84 Å². The lowest BCUT2D eigenvalue weighted by Crippen LogP contribution is -2.23. The van der Waals surface area contributed by atoms with Crippen LogP contribution >= 0.6 is 23.2 Å². The topological polar surface area (TPSA) is 46.2 Å². The van der Waals surface area contributed by atoms with E-state index < -0.39 is 9.84 Å². The fraction of sp³-hybridized carbons (Fsp3) is 0.455. The number of sulfone groups is 1. The fourth-order valence-corrected chi connectivity index (χ4v) is 4.76. The van der Waals surface area contributed by atoms with Crippen LogP contribution < -0.4 is 5.32 Å². The average molecular weight is 294 g/mol. The Kier molecular flexibility index (Phi) is 3.69. The quantitative estimate of drug-likeness (QED) is 0.932. The zero-order valence-corrected chi connectivity index (χ0v) is 11.7. The number of halogens is 2. The van der Waals surface area contributed by atoms with E-state index in [1.165, 1.54) is 6.07 Å². The van der Waals surface area contributed by atoms with Gasteiger partial charge in [0, 0.05) is 16.6 Å². The summed E-state index contributed by atoms with van der Waals surface area (Å²) in [5.41, 5.74) is 0.618. The van der Waals surface area contributed by atoms with Crippen LogP contribution in [0.1, 0.15) is 24.9 Å². The average Bonchev–Trinajstić information content (AvgIpc) is 2.54. The summed E-state index contributed by atoms with van der Waals surface area (Å²) in [6.07, 6.45) is 0.935. The zero-order valence-electron chi connectivity index (χ0n) is 9.33. The summed E-state index contributed by atoms with van der Waals surface area (Å²) in [6.45, 7) is 2.78. The highest BCUT2D eigenvalue weighted by Crippen LogP contribution is 2.42. The Labute approximate surface area is 111 Å². The third-order valence-electron chi connectivity index (χ3n) is 2.78. The van der Waals surface area contributed by atoms with Gasteiger partial charge in [-0.15, -0.1) is 0 Å². The summed E-state index contributed by atoms with van der Waals surface area (Å²) in [6, 6.07) is 2.92. The van der Waals surface area contributed by atoms with Gasteiger partial charge < -0.3 is 5.32 Å². The number of benzene rings is 1. The maximum absolute atomic E-state index is 12.0. The molecular formula is C11H13Cl2NO2S. The Morgan fingerprint density at radius 1 is 1.35 bits per heavy atom. The van der Waals surface area contributed by atoms with Gasteiger partial charge in [0.2, 0.25) is 0 Å². The van der Waals surface area contributed by atoms with Crippen molar-refractivity contribution >= 4 is 33.0 Å². The third kappa shape index (κ3) is 2.32. The van der Waals surface area contributed by atoms with Crippen molar-refractivity contribution in [2.75, 3.05) is 12.3 Å². The number of nitrogens with one attached hydrogen (secondary N) is 1. The van der Waals surface area contributed by atoms with E-state index in [1.807, 2.05) is 6.92 Å². The molecule has 1 aromatic rings. The molecule has 94 valence electrons. The summed E-state index contributed by atoms with van der Waals surface area (Å²) in [7, 11) is -3.32. The lowest BCUT2D eigenvalue weighted by molar-refractivity contribution is 0.564. The van der Waals surface area contributed by atoms with Crippen molar-refractivity contribution in [1.82, 2.24) is 5.32 Å². The van der Waals surface area contributed by atoms with Gasteiger partial charge in [-0.3, -0.25) is 0 Å². The van der Waals surface area contributed by atoms with Crippen LogP contribution in [-0.4, -0.2) is 20.7 Å². The molecule has 0 saturated heterocycles. The molecule has 0 saturated carbocycles. The predicted molar refractivity (Wildman–Crippen MR) is 69.5 cm³/mol. The van der Waals surface area contributed by atoms with Crippen LogP contribution in [-0.2, 0) is 9.84 Å². The van der Waals surface area contributed by atoms with Gasteiger partial charge in [-0.2, -0.15) is 0 Å². The minimum Gasteiger partial charge on any atom is -0.309 e. The highest BCUT2D eigenvalue weighted by atomic mass is 35.5. The van der Waals surface area contributed by atoms with Crippen LogP contribution in [0.2, 0.25) is 10.0 Å². The Bertz CT molecular complexity index is 543. The first-order valence-corrected chi connectivity index (χ1v) is 7.82. The van der Waals surface area contributed by atoms with Crippen molar-refractivity contribution in [3.05, 3.63) is 27.7 Å². The molecule has 1 atom stereocenters. The smallest absolute Gasteiger partial charge is 0.182 e. The van der Waals surface area contributed by atoms with Gasteiger partial charge in [0.1, 0.15) is 0 Å². The van der Waals surface area contributed by atoms with Crippen molar-refractivity contribution in [2.24, 2.45) is 0 Å².